The van der Waals surface area contributed by atoms with Crippen molar-refractivity contribution in [2.45, 2.75) is 39.5 Å². The van der Waals surface area contributed by atoms with Crippen LogP contribution in [-0.2, 0) is 22.7 Å². The van der Waals surface area contributed by atoms with Crippen LogP contribution in [0.2, 0.25) is 0 Å². The molecule has 6 nitrogen and oxygen atoms in total. The molecule has 0 saturated heterocycles. The van der Waals surface area contributed by atoms with Crippen molar-refractivity contribution >= 4 is 18.2 Å². The average molecular weight is 294 g/mol. The van der Waals surface area contributed by atoms with Gasteiger partial charge in [-0.3, -0.25) is 4.79 Å². The van der Waals surface area contributed by atoms with Crippen molar-refractivity contribution in [3.63, 3.8) is 0 Å². The zero-order valence-corrected chi connectivity index (χ0v) is 12.8. The predicted molar refractivity (Wildman–Crippen MR) is 79.8 cm³/mol. The number of ether oxygens (including phenoxy) is 1. The number of hydrogen-bond donors (Lipinski definition) is 2. The molecule has 0 unspecified atom stereocenters. The minimum absolute atomic E-state index is 0.140. The smallest absolute Gasteiger partial charge is 0.410 e. The van der Waals surface area contributed by atoms with Crippen LogP contribution in [0.3, 0.4) is 0 Å². The van der Waals surface area contributed by atoms with Gasteiger partial charge in [0.1, 0.15) is 5.60 Å². The number of nitrogens with one attached hydrogen (secondary N) is 1. The van der Waals surface area contributed by atoms with Crippen molar-refractivity contribution in [3.05, 3.63) is 29.3 Å². The molecule has 6 heteroatoms. The second kappa shape index (κ2) is 7.08. The minimum atomic E-state index is -0.563. The molecule has 0 bridgehead atoms. The van der Waals surface area contributed by atoms with Crippen LogP contribution in [0.5, 0.6) is 0 Å². The van der Waals surface area contributed by atoms with Crippen LogP contribution < -0.4 is 5.32 Å². The van der Waals surface area contributed by atoms with Crippen LogP contribution >= 0.6 is 0 Å². The molecule has 2 N–H and O–H groups in total. The molecule has 0 saturated carbocycles. The summed E-state index contributed by atoms with van der Waals surface area (Å²) in [5, 5.41) is 11.9. The van der Waals surface area contributed by atoms with Crippen molar-refractivity contribution in [2.24, 2.45) is 0 Å². The number of carbonyl (C=O) groups excluding carboxylic acids is 2. The van der Waals surface area contributed by atoms with Gasteiger partial charge in [0.25, 0.3) is 0 Å². The Hall–Kier alpha value is -2.08. The molecule has 2 amide bonds. The summed E-state index contributed by atoms with van der Waals surface area (Å²) in [5.41, 5.74) is 1.49. The van der Waals surface area contributed by atoms with Crippen molar-refractivity contribution < 1.29 is 19.4 Å². The van der Waals surface area contributed by atoms with Crippen LogP contribution in [0, 0.1) is 0 Å². The van der Waals surface area contributed by atoms with Crippen LogP contribution in [0.4, 0.5) is 10.5 Å². The molecule has 0 atom stereocenters. The van der Waals surface area contributed by atoms with Gasteiger partial charge in [-0.05, 0) is 44.0 Å². The van der Waals surface area contributed by atoms with E-state index in [9.17, 15) is 14.7 Å². The fourth-order valence-corrected chi connectivity index (χ4v) is 1.75. The Balaban J connectivity index is 2.87. The maximum atomic E-state index is 11.9. The molecule has 1 aromatic rings. The number of anilines is 1. The van der Waals surface area contributed by atoms with Gasteiger partial charge in [-0.25, -0.2) is 4.79 Å². The molecular formula is C15H22N2O4. The number of benzene rings is 1. The molecule has 0 aliphatic heterocycles. The fourth-order valence-electron chi connectivity index (χ4n) is 1.75. The lowest BCUT2D eigenvalue weighted by Gasteiger charge is -2.25. The topological polar surface area (TPSA) is 78.9 Å². The Labute approximate surface area is 124 Å². The van der Waals surface area contributed by atoms with Crippen LogP contribution in [0.1, 0.15) is 31.9 Å². The molecule has 0 spiro atoms. The Morgan fingerprint density at radius 1 is 1.38 bits per heavy atom. The number of aliphatic hydroxyl groups is 1. The van der Waals surface area contributed by atoms with Gasteiger partial charge in [0.2, 0.25) is 6.41 Å². The standard InChI is InChI=1S/C15H22N2O4/c1-15(2,3)21-14(20)17(4)8-12-7-13(16-10-19)6-5-11(12)9-18/h5-7,10,18H,8-9H2,1-4H3,(H,16,19). The first-order chi connectivity index (χ1) is 9.76. The van der Waals surface area contributed by atoms with E-state index in [2.05, 4.69) is 5.32 Å². The van der Waals surface area contributed by atoms with Gasteiger partial charge < -0.3 is 20.1 Å². The summed E-state index contributed by atoms with van der Waals surface area (Å²) in [5.74, 6) is 0. The highest BCUT2D eigenvalue weighted by Gasteiger charge is 2.20. The van der Waals surface area contributed by atoms with E-state index in [1.807, 2.05) is 0 Å². The third-order valence-electron chi connectivity index (χ3n) is 2.71. The first kappa shape index (κ1) is 17.0. The molecule has 21 heavy (non-hydrogen) atoms. The lowest BCUT2D eigenvalue weighted by molar-refractivity contribution is -0.105. The van der Waals surface area contributed by atoms with Crippen molar-refractivity contribution in [3.8, 4) is 0 Å². The van der Waals surface area contributed by atoms with E-state index < -0.39 is 11.7 Å². The minimum Gasteiger partial charge on any atom is -0.444 e. The second-order valence-electron chi connectivity index (χ2n) is 5.74. The number of rotatable bonds is 5. The van der Waals surface area contributed by atoms with Gasteiger partial charge >= 0.3 is 6.09 Å². The van der Waals surface area contributed by atoms with Crippen LogP contribution in [0.25, 0.3) is 0 Å². The normalized spacial score (nSPS) is 10.9. The maximum Gasteiger partial charge on any atom is 0.410 e. The highest BCUT2D eigenvalue weighted by molar-refractivity contribution is 5.72. The van der Waals surface area contributed by atoms with Crippen LogP contribution in [-0.4, -0.2) is 35.2 Å². The Morgan fingerprint density at radius 2 is 2.05 bits per heavy atom. The Morgan fingerprint density at radius 3 is 2.57 bits per heavy atom. The monoisotopic (exact) mass is 294 g/mol. The molecule has 1 aromatic carbocycles. The summed E-state index contributed by atoms with van der Waals surface area (Å²) < 4.78 is 5.28. The maximum absolute atomic E-state index is 11.9. The summed E-state index contributed by atoms with van der Waals surface area (Å²) in [4.78, 5) is 23.8. The van der Waals surface area contributed by atoms with E-state index in [0.29, 0.717) is 17.7 Å². The molecule has 0 aliphatic rings. The third-order valence-corrected chi connectivity index (χ3v) is 2.71. The molecule has 0 heterocycles. The molecule has 0 radical (unpaired) electrons. The van der Waals surface area contributed by atoms with E-state index in [4.69, 9.17) is 4.74 Å². The van der Waals surface area contributed by atoms with Crippen molar-refractivity contribution in [1.29, 1.82) is 0 Å². The van der Waals surface area contributed by atoms with E-state index in [-0.39, 0.29) is 13.2 Å². The number of amides is 2. The van der Waals surface area contributed by atoms with Crippen molar-refractivity contribution in [2.75, 3.05) is 12.4 Å². The summed E-state index contributed by atoms with van der Waals surface area (Å²) in [6, 6.07) is 5.13. The quantitative estimate of drug-likeness (QED) is 0.815. The van der Waals surface area contributed by atoms with Crippen LogP contribution in [0.15, 0.2) is 18.2 Å². The summed E-state index contributed by atoms with van der Waals surface area (Å²) in [7, 11) is 1.62. The number of aliphatic hydroxyl groups excluding tert-OH is 1. The number of carbonyl (C=O) groups is 2. The lowest BCUT2D eigenvalue weighted by Crippen LogP contribution is -2.34. The molecule has 0 aromatic heterocycles. The zero-order valence-electron chi connectivity index (χ0n) is 12.8. The van der Waals surface area contributed by atoms with Gasteiger partial charge in [-0.1, -0.05) is 6.07 Å². The third kappa shape index (κ3) is 5.43. The summed E-state index contributed by atoms with van der Waals surface area (Å²) in [6.45, 7) is 5.53. The van der Waals surface area contributed by atoms with E-state index in [1.165, 1.54) is 4.90 Å². The summed E-state index contributed by atoms with van der Waals surface area (Å²) in [6.07, 6.45) is 0.134. The predicted octanol–water partition coefficient (Wildman–Crippen LogP) is 2.11. The van der Waals surface area contributed by atoms with Gasteiger partial charge in [-0.2, -0.15) is 0 Å². The van der Waals surface area contributed by atoms with E-state index in [1.54, 1.807) is 46.0 Å². The highest BCUT2D eigenvalue weighted by atomic mass is 16.6. The van der Waals surface area contributed by atoms with Gasteiger partial charge in [0.05, 0.1) is 6.61 Å². The molecular weight excluding hydrogens is 272 g/mol. The fraction of sp³-hybridized carbons (Fsp3) is 0.467. The Bertz CT molecular complexity index is 509. The lowest BCUT2D eigenvalue weighted by atomic mass is 10.1. The molecule has 0 fully saturated rings. The second-order valence-corrected chi connectivity index (χ2v) is 5.74. The SMILES string of the molecule is CN(Cc1cc(NC=O)ccc1CO)C(=O)OC(C)(C)C. The van der Waals surface area contributed by atoms with E-state index >= 15 is 0 Å². The molecule has 0 aliphatic carbocycles. The van der Waals surface area contributed by atoms with Gasteiger partial charge in [-0.15, -0.1) is 0 Å². The first-order valence-corrected chi connectivity index (χ1v) is 6.64. The average Bonchev–Trinajstić information content (AvgIpc) is 2.37. The first-order valence-electron chi connectivity index (χ1n) is 6.64. The molecule has 116 valence electrons. The largest absolute Gasteiger partial charge is 0.444 e. The Kier molecular flexibility index (Phi) is 5.72. The molecule has 1 rings (SSSR count). The van der Waals surface area contributed by atoms with Gasteiger partial charge in [0.15, 0.2) is 0 Å². The van der Waals surface area contributed by atoms with Crippen molar-refractivity contribution in [1.82, 2.24) is 4.90 Å². The van der Waals surface area contributed by atoms with E-state index in [0.717, 1.165) is 5.56 Å². The summed E-state index contributed by atoms with van der Waals surface area (Å²) >= 11 is 0. The zero-order chi connectivity index (χ0) is 16.0. The highest BCUT2D eigenvalue weighted by Crippen LogP contribution is 2.18. The number of hydrogen-bond acceptors (Lipinski definition) is 4. The number of nitrogens with zero attached hydrogens (tertiary/aromatic N) is 1. The van der Waals surface area contributed by atoms with Gasteiger partial charge in [0, 0.05) is 19.3 Å².